The van der Waals surface area contributed by atoms with E-state index >= 15 is 0 Å². The number of carbonyl (C=O) groups is 1. The molecule has 5 nitrogen and oxygen atoms in total. The fourth-order valence-corrected chi connectivity index (χ4v) is 3.41. The van der Waals surface area contributed by atoms with Crippen molar-refractivity contribution >= 4 is 27.5 Å². The Balaban J connectivity index is 1.33. The number of benzene rings is 2. The monoisotopic (exact) mass is 382 g/mol. The minimum atomic E-state index is -0.326. The number of nitrogens with one attached hydrogen (secondary N) is 1. The molecular weight excluding hydrogens is 367 g/mol. The molecule has 0 aliphatic heterocycles. The summed E-state index contributed by atoms with van der Waals surface area (Å²) in [6.07, 6.45) is 0. The van der Waals surface area contributed by atoms with E-state index in [9.17, 15) is 9.18 Å². The molecule has 0 fully saturated rings. The van der Waals surface area contributed by atoms with Crippen LogP contribution in [0.5, 0.6) is 5.75 Å². The van der Waals surface area contributed by atoms with Crippen molar-refractivity contribution in [3.8, 4) is 5.75 Å². The molecule has 0 unspecified atom stereocenters. The molecule has 0 atom stereocenters. The summed E-state index contributed by atoms with van der Waals surface area (Å²) < 4.78 is 25.0. The van der Waals surface area contributed by atoms with E-state index in [0.29, 0.717) is 18.1 Å². The highest BCUT2D eigenvalue weighted by atomic mass is 32.1. The molecule has 1 N–H and O–H groups in total. The van der Waals surface area contributed by atoms with Crippen molar-refractivity contribution in [3.05, 3.63) is 83.0 Å². The predicted octanol–water partition coefficient (Wildman–Crippen LogP) is 4.54. The minimum Gasteiger partial charge on any atom is -0.486 e. The van der Waals surface area contributed by atoms with Gasteiger partial charge in [0.15, 0.2) is 5.76 Å². The van der Waals surface area contributed by atoms with E-state index in [2.05, 4.69) is 10.3 Å². The van der Waals surface area contributed by atoms with E-state index in [0.717, 1.165) is 15.2 Å². The lowest BCUT2D eigenvalue weighted by molar-refractivity contribution is 0.0919. The standard InChI is InChI=1S/C20H15FN2O3S/c21-13-5-7-14(8-6-13)25-12-15-9-10-17(26-15)20(24)22-11-19-23-16-3-1-2-4-18(16)27-19/h1-10H,11-12H2,(H,22,24). The topological polar surface area (TPSA) is 64.4 Å². The highest BCUT2D eigenvalue weighted by Crippen LogP contribution is 2.21. The zero-order valence-electron chi connectivity index (χ0n) is 14.1. The van der Waals surface area contributed by atoms with Gasteiger partial charge in [0.05, 0.1) is 16.8 Å². The molecule has 0 radical (unpaired) electrons. The Labute approximate surface area is 158 Å². The molecule has 2 aromatic carbocycles. The third-order valence-electron chi connectivity index (χ3n) is 3.82. The van der Waals surface area contributed by atoms with Crippen LogP contribution in [0.25, 0.3) is 10.2 Å². The van der Waals surface area contributed by atoms with Gasteiger partial charge in [-0.05, 0) is 48.5 Å². The summed E-state index contributed by atoms with van der Waals surface area (Å²) in [6, 6.07) is 16.8. The van der Waals surface area contributed by atoms with Crippen LogP contribution in [0.2, 0.25) is 0 Å². The Morgan fingerprint density at radius 3 is 2.74 bits per heavy atom. The predicted molar refractivity (Wildman–Crippen MR) is 100 cm³/mol. The van der Waals surface area contributed by atoms with Crippen molar-refractivity contribution in [3.63, 3.8) is 0 Å². The summed E-state index contributed by atoms with van der Waals surface area (Å²) in [7, 11) is 0. The highest BCUT2D eigenvalue weighted by Gasteiger charge is 2.12. The number of para-hydroxylation sites is 1. The van der Waals surface area contributed by atoms with Crippen LogP contribution in [0.4, 0.5) is 4.39 Å². The molecule has 0 bridgehead atoms. The Morgan fingerprint density at radius 2 is 1.93 bits per heavy atom. The number of thiazole rings is 1. The minimum absolute atomic E-state index is 0.150. The number of hydrogen-bond donors (Lipinski definition) is 1. The average Bonchev–Trinajstić information content (AvgIpc) is 3.32. The van der Waals surface area contributed by atoms with E-state index in [4.69, 9.17) is 9.15 Å². The van der Waals surface area contributed by atoms with Crippen LogP contribution in [0.1, 0.15) is 21.3 Å². The van der Waals surface area contributed by atoms with Crippen molar-refractivity contribution in [2.24, 2.45) is 0 Å². The maximum atomic E-state index is 12.9. The van der Waals surface area contributed by atoms with Gasteiger partial charge in [-0.15, -0.1) is 11.3 Å². The number of aromatic nitrogens is 1. The maximum Gasteiger partial charge on any atom is 0.287 e. The lowest BCUT2D eigenvalue weighted by atomic mass is 10.3. The lowest BCUT2D eigenvalue weighted by Gasteiger charge is -2.04. The van der Waals surface area contributed by atoms with Crippen LogP contribution in [-0.4, -0.2) is 10.9 Å². The average molecular weight is 382 g/mol. The first-order valence-electron chi connectivity index (χ1n) is 8.27. The van der Waals surface area contributed by atoms with E-state index in [1.807, 2.05) is 24.3 Å². The van der Waals surface area contributed by atoms with Gasteiger partial charge in [-0.25, -0.2) is 9.37 Å². The van der Waals surface area contributed by atoms with E-state index in [1.54, 1.807) is 23.5 Å². The summed E-state index contributed by atoms with van der Waals surface area (Å²) in [5.41, 5.74) is 0.921. The first kappa shape index (κ1) is 17.2. The number of halogens is 1. The molecule has 4 rings (SSSR count). The molecule has 0 aliphatic carbocycles. The number of carbonyl (C=O) groups excluding carboxylic acids is 1. The van der Waals surface area contributed by atoms with Gasteiger partial charge < -0.3 is 14.5 Å². The fraction of sp³-hybridized carbons (Fsp3) is 0.100. The second-order valence-electron chi connectivity index (χ2n) is 5.77. The Morgan fingerprint density at radius 1 is 1.11 bits per heavy atom. The van der Waals surface area contributed by atoms with Crippen molar-refractivity contribution < 1.29 is 18.3 Å². The van der Waals surface area contributed by atoms with Crippen molar-refractivity contribution in [2.45, 2.75) is 13.2 Å². The van der Waals surface area contributed by atoms with Gasteiger partial charge >= 0.3 is 0 Å². The molecule has 7 heteroatoms. The van der Waals surface area contributed by atoms with Gasteiger partial charge in [0.2, 0.25) is 0 Å². The van der Waals surface area contributed by atoms with E-state index < -0.39 is 0 Å². The normalized spacial score (nSPS) is 10.9. The number of hydrogen-bond acceptors (Lipinski definition) is 5. The van der Waals surface area contributed by atoms with Crippen molar-refractivity contribution in [2.75, 3.05) is 0 Å². The number of fused-ring (bicyclic) bond motifs is 1. The SMILES string of the molecule is O=C(NCc1nc2ccccc2s1)c1ccc(COc2ccc(F)cc2)o1. The quantitative estimate of drug-likeness (QED) is 0.532. The third-order valence-corrected chi connectivity index (χ3v) is 4.85. The molecule has 0 saturated heterocycles. The van der Waals surface area contributed by atoms with Gasteiger partial charge in [-0.3, -0.25) is 4.79 Å². The molecule has 2 aromatic heterocycles. The molecule has 0 aliphatic rings. The van der Waals surface area contributed by atoms with E-state index in [-0.39, 0.29) is 24.1 Å². The summed E-state index contributed by atoms with van der Waals surface area (Å²) in [4.78, 5) is 16.7. The number of furan rings is 1. The van der Waals surface area contributed by atoms with Gasteiger partial charge in [-0.2, -0.15) is 0 Å². The Bertz CT molecular complexity index is 1040. The summed E-state index contributed by atoms with van der Waals surface area (Å²) in [5.74, 6) is 0.586. The van der Waals surface area contributed by atoms with Gasteiger partial charge in [0, 0.05) is 0 Å². The Hall–Kier alpha value is -3.19. The second kappa shape index (κ2) is 7.59. The van der Waals surface area contributed by atoms with Crippen LogP contribution in [0.15, 0.2) is 65.1 Å². The Kier molecular flexibility index (Phi) is 4.84. The van der Waals surface area contributed by atoms with Crippen LogP contribution in [-0.2, 0) is 13.2 Å². The molecule has 2 heterocycles. The van der Waals surface area contributed by atoms with Crippen LogP contribution in [0.3, 0.4) is 0 Å². The zero-order valence-corrected chi connectivity index (χ0v) is 15.0. The number of nitrogens with zero attached hydrogens (tertiary/aromatic N) is 1. The van der Waals surface area contributed by atoms with Gasteiger partial charge in [0.25, 0.3) is 5.91 Å². The largest absolute Gasteiger partial charge is 0.486 e. The van der Waals surface area contributed by atoms with Crippen LogP contribution in [0, 0.1) is 5.82 Å². The first-order chi connectivity index (χ1) is 13.2. The van der Waals surface area contributed by atoms with Crippen LogP contribution >= 0.6 is 11.3 Å². The van der Waals surface area contributed by atoms with Gasteiger partial charge in [-0.1, -0.05) is 12.1 Å². The first-order valence-corrected chi connectivity index (χ1v) is 9.09. The molecule has 4 aromatic rings. The zero-order chi connectivity index (χ0) is 18.6. The number of rotatable bonds is 6. The molecule has 1 amide bonds. The van der Waals surface area contributed by atoms with Crippen LogP contribution < -0.4 is 10.1 Å². The maximum absolute atomic E-state index is 12.9. The molecular formula is C20H15FN2O3S. The fourth-order valence-electron chi connectivity index (χ4n) is 2.50. The van der Waals surface area contributed by atoms with Crippen molar-refractivity contribution in [1.82, 2.24) is 10.3 Å². The second-order valence-corrected chi connectivity index (χ2v) is 6.88. The summed E-state index contributed by atoms with van der Waals surface area (Å²) in [5, 5.41) is 3.63. The summed E-state index contributed by atoms with van der Waals surface area (Å²) in [6.45, 7) is 0.483. The molecule has 27 heavy (non-hydrogen) atoms. The molecule has 0 saturated carbocycles. The smallest absolute Gasteiger partial charge is 0.287 e. The lowest BCUT2D eigenvalue weighted by Crippen LogP contribution is -2.22. The molecule has 0 spiro atoms. The summed E-state index contributed by atoms with van der Waals surface area (Å²) >= 11 is 1.54. The number of ether oxygens (including phenoxy) is 1. The molecule has 136 valence electrons. The highest BCUT2D eigenvalue weighted by molar-refractivity contribution is 7.18. The third kappa shape index (κ3) is 4.15. The number of amides is 1. The van der Waals surface area contributed by atoms with Gasteiger partial charge in [0.1, 0.15) is 28.9 Å². The van der Waals surface area contributed by atoms with E-state index in [1.165, 1.54) is 24.3 Å². The van der Waals surface area contributed by atoms with Crippen molar-refractivity contribution in [1.29, 1.82) is 0 Å².